The van der Waals surface area contributed by atoms with Crippen LogP contribution in [0.15, 0.2) is 42.5 Å². The normalized spacial score (nSPS) is 15.7. The van der Waals surface area contributed by atoms with E-state index >= 15 is 0 Å². The first-order chi connectivity index (χ1) is 12.1. The molecule has 1 heterocycles. The molecule has 130 valence electrons. The van der Waals surface area contributed by atoms with Gasteiger partial charge in [0.2, 0.25) is 5.91 Å². The minimum absolute atomic E-state index is 0.191. The lowest BCUT2D eigenvalue weighted by Gasteiger charge is -2.24. The summed E-state index contributed by atoms with van der Waals surface area (Å²) < 4.78 is 18.9. The van der Waals surface area contributed by atoms with E-state index in [1.165, 1.54) is 12.1 Å². The number of halogens is 1. The molecule has 2 amide bonds. The number of benzene rings is 2. The van der Waals surface area contributed by atoms with Gasteiger partial charge in [-0.05, 0) is 55.3 Å². The lowest BCUT2D eigenvalue weighted by molar-refractivity contribution is -0.121. The minimum atomic E-state index is -0.414. The van der Waals surface area contributed by atoms with Crippen LogP contribution in [0, 0.1) is 11.7 Å². The van der Waals surface area contributed by atoms with E-state index in [1.54, 1.807) is 30.3 Å². The molecule has 1 aliphatic heterocycles. The third-order valence-electron chi connectivity index (χ3n) is 4.03. The topological polar surface area (TPSA) is 67.4 Å². The van der Waals surface area contributed by atoms with Crippen molar-refractivity contribution in [2.75, 3.05) is 18.5 Å². The summed E-state index contributed by atoms with van der Waals surface area (Å²) in [5.74, 6) is -0.559. The summed E-state index contributed by atoms with van der Waals surface area (Å²) in [6, 6.07) is 11.1. The Balaban J connectivity index is 1.69. The number of anilines is 1. The van der Waals surface area contributed by atoms with Gasteiger partial charge in [-0.25, -0.2) is 4.39 Å². The van der Waals surface area contributed by atoms with E-state index in [4.69, 9.17) is 4.74 Å². The molecule has 0 aliphatic carbocycles. The van der Waals surface area contributed by atoms with Crippen LogP contribution < -0.4 is 15.4 Å². The summed E-state index contributed by atoms with van der Waals surface area (Å²) in [6.07, 6.45) is 0.412. The number of fused-ring (bicyclic) bond motifs is 1. The highest BCUT2D eigenvalue weighted by molar-refractivity contribution is 5.97. The smallest absolute Gasteiger partial charge is 0.251 e. The van der Waals surface area contributed by atoms with Gasteiger partial charge in [-0.2, -0.15) is 0 Å². The van der Waals surface area contributed by atoms with Crippen LogP contribution in [-0.4, -0.2) is 25.0 Å². The first-order valence-corrected chi connectivity index (χ1v) is 8.17. The van der Waals surface area contributed by atoms with Gasteiger partial charge in [0.1, 0.15) is 18.2 Å². The quantitative estimate of drug-likeness (QED) is 0.898. The molecule has 0 radical (unpaired) electrons. The predicted octanol–water partition coefficient (Wildman–Crippen LogP) is 2.77. The van der Waals surface area contributed by atoms with Gasteiger partial charge in [-0.15, -0.1) is 0 Å². The van der Waals surface area contributed by atoms with Gasteiger partial charge in [-0.1, -0.05) is 6.07 Å². The summed E-state index contributed by atoms with van der Waals surface area (Å²) in [6.45, 7) is 2.61. The van der Waals surface area contributed by atoms with Gasteiger partial charge in [0, 0.05) is 17.8 Å². The molecule has 0 bridgehead atoms. The van der Waals surface area contributed by atoms with Crippen molar-refractivity contribution in [1.29, 1.82) is 0 Å². The maximum absolute atomic E-state index is 13.4. The number of carbonyl (C=O) groups is 2. The first-order valence-electron chi connectivity index (χ1n) is 8.17. The monoisotopic (exact) mass is 342 g/mol. The maximum atomic E-state index is 13.4. The van der Waals surface area contributed by atoms with Crippen molar-refractivity contribution in [1.82, 2.24) is 5.32 Å². The number of ether oxygens (including phenoxy) is 1. The Hall–Kier alpha value is -2.89. The van der Waals surface area contributed by atoms with Crippen LogP contribution in [0.5, 0.6) is 5.75 Å². The molecular formula is C19H19FN2O3. The average Bonchev–Trinajstić information content (AvgIpc) is 2.61. The highest BCUT2D eigenvalue weighted by Crippen LogP contribution is 2.28. The standard InChI is InChI=1S/C19H19FN2O3/c1-2-21-18(23)12-4-3-5-16(10-12)22-19(24)14-8-13-9-15(20)6-7-17(13)25-11-14/h3-7,9-10,14H,2,8,11H2,1H3,(H,21,23)(H,22,24)/t14-/m0/s1. The Morgan fingerprint density at radius 2 is 2.08 bits per heavy atom. The Labute approximate surface area is 145 Å². The minimum Gasteiger partial charge on any atom is -0.492 e. The fraction of sp³-hybridized carbons (Fsp3) is 0.263. The van der Waals surface area contributed by atoms with E-state index in [0.29, 0.717) is 35.5 Å². The summed E-state index contributed by atoms with van der Waals surface area (Å²) in [5.41, 5.74) is 1.70. The highest BCUT2D eigenvalue weighted by atomic mass is 19.1. The summed E-state index contributed by atoms with van der Waals surface area (Å²) in [5, 5.41) is 5.52. The second-order valence-corrected chi connectivity index (χ2v) is 5.89. The van der Waals surface area contributed by atoms with Gasteiger partial charge in [-0.3, -0.25) is 9.59 Å². The van der Waals surface area contributed by atoms with Gasteiger partial charge in [0.15, 0.2) is 0 Å². The van der Waals surface area contributed by atoms with Gasteiger partial charge in [0.05, 0.1) is 5.92 Å². The van der Waals surface area contributed by atoms with E-state index in [0.717, 1.165) is 0 Å². The van der Waals surface area contributed by atoms with Crippen LogP contribution in [0.2, 0.25) is 0 Å². The zero-order valence-corrected chi connectivity index (χ0v) is 13.8. The number of amides is 2. The van der Waals surface area contributed by atoms with Gasteiger partial charge >= 0.3 is 0 Å². The van der Waals surface area contributed by atoms with Crippen molar-refractivity contribution in [2.24, 2.45) is 5.92 Å². The molecule has 3 rings (SSSR count). The van der Waals surface area contributed by atoms with Crippen molar-refractivity contribution in [3.05, 3.63) is 59.4 Å². The Kier molecular flexibility index (Phi) is 4.97. The molecule has 25 heavy (non-hydrogen) atoms. The molecule has 6 heteroatoms. The fourth-order valence-corrected chi connectivity index (χ4v) is 2.78. The Morgan fingerprint density at radius 1 is 1.24 bits per heavy atom. The second kappa shape index (κ2) is 7.34. The number of nitrogens with one attached hydrogen (secondary N) is 2. The number of hydrogen-bond acceptors (Lipinski definition) is 3. The molecule has 0 unspecified atom stereocenters. The van der Waals surface area contributed by atoms with Crippen LogP contribution >= 0.6 is 0 Å². The molecule has 2 N–H and O–H groups in total. The van der Waals surface area contributed by atoms with Gasteiger partial charge in [0.25, 0.3) is 5.91 Å². The zero-order chi connectivity index (χ0) is 17.8. The summed E-state index contributed by atoms with van der Waals surface area (Å²) in [4.78, 5) is 24.4. The predicted molar refractivity (Wildman–Crippen MR) is 92.2 cm³/mol. The fourth-order valence-electron chi connectivity index (χ4n) is 2.78. The van der Waals surface area contributed by atoms with E-state index in [1.807, 2.05) is 6.92 Å². The van der Waals surface area contributed by atoms with Crippen LogP contribution in [0.25, 0.3) is 0 Å². The first kappa shape index (κ1) is 17.0. The van der Waals surface area contributed by atoms with Crippen LogP contribution in [0.1, 0.15) is 22.8 Å². The molecule has 1 atom stereocenters. The third kappa shape index (κ3) is 3.96. The Bertz CT molecular complexity index is 807. The zero-order valence-electron chi connectivity index (χ0n) is 13.8. The molecule has 0 spiro atoms. The van der Waals surface area contributed by atoms with Crippen molar-refractivity contribution in [3.63, 3.8) is 0 Å². The van der Waals surface area contributed by atoms with Crippen molar-refractivity contribution < 1.29 is 18.7 Å². The molecule has 1 aliphatic rings. The van der Waals surface area contributed by atoms with Crippen LogP contribution in [0.3, 0.4) is 0 Å². The van der Waals surface area contributed by atoms with Crippen molar-refractivity contribution in [2.45, 2.75) is 13.3 Å². The van der Waals surface area contributed by atoms with E-state index < -0.39 is 5.92 Å². The molecule has 2 aromatic rings. The van der Waals surface area contributed by atoms with E-state index in [9.17, 15) is 14.0 Å². The Morgan fingerprint density at radius 3 is 2.88 bits per heavy atom. The molecule has 0 saturated carbocycles. The van der Waals surface area contributed by atoms with Crippen LogP contribution in [0.4, 0.5) is 10.1 Å². The number of carbonyl (C=O) groups excluding carboxylic acids is 2. The largest absolute Gasteiger partial charge is 0.492 e. The second-order valence-electron chi connectivity index (χ2n) is 5.89. The molecule has 2 aromatic carbocycles. The number of rotatable bonds is 4. The van der Waals surface area contributed by atoms with Crippen LogP contribution in [-0.2, 0) is 11.2 Å². The highest BCUT2D eigenvalue weighted by Gasteiger charge is 2.26. The molecule has 0 fully saturated rings. The third-order valence-corrected chi connectivity index (χ3v) is 4.03. The maximum Gasteiger partial charge on any atom is 0.251 e. The lowest BCUT2D eigenvalue weighted by atomic mass is 9.96. The van der Waals surface area contributed by atoms with E-state index in [2.05, 4.69) is 10.6 Å². The van der Waals surface area contributed by atoms with Crippen molar-refractivity contribution in [3.8, 4) is 5.75 Å². The summed E-state index contributed by atoms with van der Waals surface area (Å²) >= 11 is 0. The molecule has 0 aromatic heterocycles. The number of hydrogen-bond donors (Lipinski definition) is 2. The molecule has 0 saturated heterocycles. The molecule has 5 nitrogen and oxygen atoms in total. The molecular weight excluding hydrogens is 323 g/mol. The summed E-state index contributed by atoms with van der Waals surface area (Å²) in [7, 11) is 0. The van der Waals surface area contributed by atoms with Crippen molar-refractivity contribution >= 4 is 17.5 Å². The average molecular weight is 342 g/mol. The van der Waals surface area contributed by atoms with E-state index in [-0.39, 0.29) is 24.2 Å². The SMILES string of the molecule is CCNC(=O)c1cccc(NC(=O)[C@@H]2COc3ccc(F)cc3C2)c1. The van der Waals surface area contributed by atoms with Gasteiger partial charge < -0.3 is 15.4 Å². The lowest BCUT2D eigenvalue weighted by Crippen LogP contribution is -2.32.